The predicted octanol–water partition coefficient (Wildman–Crippen LogP) is 1.72. The maximum Gasteiger partial charge on any atom is 0.326 e. The summed E-state index contributed by atoms with van der Waals surface area (Å²) in [7, 11) is 1.78. The summed E-state index contributed by atoms with van der Waals surface area (Å²) in [6.07, 6.45) is 0.425. The van der Waals surface area contributed by atoms with Crippen LogP contribution in [0.4, 0.5) is 5.69 Å². The number of rotatable bonds is 4. The van der Waals surface area contributed by atoms with Gasteiger partial charge in [-0.25, -0.2) is 4.79 Å². The van der Waals surface area contributed by atoms with Crippen LogP contribution in [-0.4, -0.2) is 58.7 Å². The van der Waals surface area contributed by atoms with Gasteiger partial charge in [-0.3, -0.25) is 14.3 Å². The number of H-pyrrole nitrogens is 1. The molecular formula is C19H28N4O3. The van der Waals surface area contributed by atoms with Gasteiger partial charge in [0.15, 0.2) is 0 Å². The number of anilines is 1. The third-order valence-corrected chi connectivity index (χ3v) is 4.68. The fourth-order valence-corrected chi connectivity index (χ4v) is 3.28. The van der Waals surface area contributed by atoms with E-state index < -0.39 is 5.60 Å². The maximum atomic E-state index is 11.9. The van der Waals surface area contributed by atoms with Crippen LogP contribution in [0, 0.1) is 0 Å². The number of nitrogens with zero attached hydrogens (tertiary/aromatic N) is 3. The Morgan fingerprint density at radius 1 is 1.19 bits per heavy atom. The average molecular weight is 360 g/mol. The lowest BCUT2D eigenvalue weighted by atomic mass is 10.2. The molecule has 0 unspecified atom stereocenters. The number of aromatic amines is 1. The Balaban J connectivity index is 1.54. The fraction of sp³-hybridized carbons (Fsp3) is 0.579. The molecule has 1 aromatic carbocycles. The molecule has 0 radical (unpaired) electrons. The number of esters is 1. The molecule has 1 aliphatic rings. The quantitative estimate of drug-likeness (QED) is 0.841. The second-order valence-corrected chi connectivity index (χ2v) is 7.86. The van der Waals surface area contributed by atoms with Crippen molar-refractivity contribution in [3.05, 3.63) is 28.7 Å². The van der Waals surface area contributed by atoms with E-state index in [0.29, 0.717) is 6.42 Å². The molecule has 1 aromatic heterocycles. The van der Waals surface area contributed by atoms with E-state index in [4.69, 9.17) is 4.74 Å². The molecule has 1 aliphatic heterocycles. The number of imidazole rings is 1. The van der Waals surface area contributed by atoms with Crippen molar-refractivity contribution in [2.24, 2.45) is 7.05 Å². The minimum atomic E-state index is -0.424. The number of hydrogen-bond donors (Lipinski definition) is 1. The summed E-state index contributed by atoms with van der Waals surface area (Å²) in [6.45, 7) is 10.0. The molecule has 2 aromatic rings. The van der Waals surface area contributed by atoms with Crippen molar-refractivity contribution >= 4 is 22.7 Å². The monoisotopic (exact) mass is 360 g/mol. The van der Waals surface area contributed by atoms with Gasteiger partial charge in [0, 0.05) is 45.5 Å². The SMILES string of the molecule is Cn1c(=O)[nH]c2ccc(N3CCN(CCC(=O)OC(C)(C)C)CC3)cc21. The number of carbonyl (C=O) groups is 1. The summed E-state index contributed by atoms with van der Waals surface area (Å²) in [5, 5.41) is 0. The zero-order valence-electron chi connectivity index (χ0n) is 16.0. The smallest absolute Gasteiger partial charge is 0.326 e. The Morgan fingerprint density at radius 2 is 1.88 bits per heavy atom. The molecule has 142 valence electrons. The van der Waals surface area contributed by atoms with Crippen molar-refractivity contribution in [1.82, 2.24) is 14.5 Å². The van der Waals surface area contributed by atoms with Crippen LogP contribution in [0.1, 0.15) is 27.2 Å². The van der Waals surface area contributed by atoms with Crippen LogP contribution in [-0.2, 0) is 16.6 Å². The van der Waals surface area contributed by atoms with Crippen molar-refractivity contribution in [2.45, 2.75) is 32.8 Å². The number of ether oxygens (including phenoxy) is 1. The average Bonchev–Trinajstić information content (AvgIpc) is 2.86. The first-order chi connectivity index (χ1) is 12.2. The normalized spacial score (nSPS) is 16.2. The third-order valence-electron chi connectivity index (χ3n) is 4.68. The zero-order valence-corrected chi connectivity index (χ0v) is 16.0. The Labute approximate surface area is 153 Å². The topological polar surface area (TPSA) is 70.6 Å². The number of fused-ring (bicyclic) bond motifs is 1. The molecule has 0 aliphatic carbocycles. The second kappa shape index (κ2) is 7.15. The summed E-state index contributed by atoms with van der Waals surface area (Å²) >= 11 is 0. The van der Waals surface area contributed by atoms with E-state index in [0.717, 1.165) is 49.4 Å². The summed E-state index contributed by atoms with van der Waals surface area (Å²) in [5.74, 6) is -0.140. The van der Waals surface area contributed by atoms with E-state index in [1.807, 2.05) is 26.8 Å². The van der Waals surface area contributed by atoms with Crippen molar-refractivity contribution in [3.8, 4) is 0 Å². The van der Waals surface area contributed by atoms with E-state index in [-0.39, 0.29) is 11.7 Å². The molecule has 1 saturated heterocycles. The molecule has 7 nitrogen and oxygen atoms in total. The summed E-state index contributed by atoms with van der Waals surface area (Å²) in [5.41, 5.74) is 2.38. The second-order valence-electron chi connectivity index (χ2n) is 7.86. The van der Waals surface area contributed by atoms with Gasteiger partial charge >= 0.3 is 11.7 Å². The molecule has 0 spiro atoms. The number of benzene rings is 1. The van der Waals surface area contributed by atoms with Gasteiger partial charge in [-0.1, -0.05) is 0 Å². The van der Waals surface area contributed by atoms with E-state index in [1.54, 1.807) is 11.6 Å². The van der Waals surface area contributed by atoms with Crippen molar-refractivity contribution in [3.63, 3.8) is 0 Å². The van der Waals surface area contributed by atoms with Gasteiger partial charge in [0.05, 0.1) is 17.5 Å². The van der Waals surface area contributed by atoms with Crippen LogP contribution in [0.15, 0.2) is 23.0 Å². The number of aryl methyl sites for hydroxylation is 1. The fourth-order valence-electron chi connectivity index (χ4n) is 3.28. The first kappa shape index (κ1) is 18.5. The number of piperazine rings is 1. The van der Waals surface area contributed by atoms with Crippen LogP contribution in [0.5, 0.6) is 0 Å². The molecular weight excluding hydrogens is 332 g/mol. The van der Waals surface area contributed by atoms with Crippen LogP contribution >= 0.6 is 0 Å². The van der Waals surface area contributed by atoms with Crippen LogP contribution < -0.4 is 10.6 Å². The van der Waals surface area contributed by atoms with E-state index in [2.05, 4.69) is 26.9 Å². The Bertz CT molecular complexity index is 839. The molecule has 0 atom stereocenters. The van der Waals surface area contributed by atoms with Crippen LogP contribution in [0.2, 0.25) is 0 Å². The lowest BCUT2D eigenvalue weighted by molar-refractivity contribution is -0.155. The van der Waals surface area contributed by atoms with Crippen molar-refractivity contribution in [1.29, 1.82) is 0 Å². The Kier molecular flexibility index (Phi) is 5.09. The molecule has 0 bridgehead atoms. The first-order valence-electron chi connectivity index (χ1n) is 9.11. The lowest BCUT2D eigenvalue weighted by Crippen LogP contribution is -2.47. The van der Waals surface area contributed by atoms with E-state index >= 15 is 0 Å². The van der Waals surface area contributed by atoms with Gasteiger partial charge in [0.25, 0.3) is 0 Å². The summed E-state index contributed by atoms with van der Waals surface area (Å²) in [6, 6.07) is 6.07. The number of hydrogen-bond acceptors (Lipinski definition) is 5. The summed E-state index contributed by atoms with van der Waals surface area (Å²) < 4.78 is 7.00. The highest BCUT2D eigenvalue weighted by Crippen LogP contribution is 2.21. The zero-order chi connectivity index (χ0) is 18.9. The third kappa shape index (κ3) is 4.27. The largest absolute Gasteiger partial charge is 0.460 e. The molecule has 2 heterocycles. The molecule has 1 fully saturated rings. The Morgan fingerprint density at radius 3 is 2.54 bits per heavy atom. The van der Waals surface area contributed by atoms with Crippen LogP contribution in [0.25, 0.3) is 11.0 Å². The highest BCUT2D eigenvalue weighted by atomic mass is 16.6. The van der Waals surface area contributed by atoms with Gasteiger partial charge in [0.2, 0.25) is 0 Å². The lowest BCUT2D eigenvalue weighted by Gasteiger charge is -2.36. The van der Waals surface area contributed by atoms with Gasteiger partial charge in [-0.2, -0.15) is 0 Å². The molecule has 7 heteroatoms. The highest BCUT2D eigenvalue weighted by Gasteiger charge is 2.20. The van der Waals surface area contributed by atoms with Gasteiger partial charge in [0.1, 0.15) is 5.60 Å². The number of carbonyl (C=O) groups excluding carboxylic acids is 1. The van der Waals surface area contributed by atoms with Crippen molar-refractivity contribution in [2.75, 3.05) is 37.6 Å². The summed E-state index contributed by atoms with van der Waals surface area (Å²) in [4.78, 5) is 31.0. The van der Waals surface area contributed by atoms with Gasteiger partial charge in [-0.05, 0) is 39.0 Å². The molecule has 0 amide bonds. The number of aromatic nitrogens is 2. The van der Waals surface area contributed by atoms with Crippen molar-refractivity contribution < 1.29 is 9.53 Å². The number of nitrogens with one attached hydrogen (secondary N) is 1. The highest BCUT2D eigenvalue weighted by molar-refractivity contribution is 5.79. The van der Waals surface area contributed by atoms with Crippen LogP contribution in [0.3, 0.4) is 0 Å². The molecule has 26 heavy (non-hydrogen) atoms. The molecule has 0 saturated carbocycles. The minimum Gasteiger partial charge on any atom is -0.460 e. The van der Waals surface area contributed by atoms with Gasteiger partial charge in [-0.15, -0.1) is 0 Å². The molecule has 1 N–H and O–H groups in total. The Hall–Kier alpha value is -2.28. The van der Waals surface area contributed by atoms with E-state index in [1.165, 1.54) is 0 Å². The van der Waals surface area contributed by atoms with Gasteiger partial charge < -0.3 is 14.6 Å². The standard InChI is InChI=1S/C19H28N4O3/c1-19(2,3)26-17(24)7-8-22-9-11-23(12-10-22)14-5-6-15-16(13-14)21(4)18(25)20-15/h5-6,13H,7-12H2,1-4H3,(H,20,25). The molecule has 3 rings (SSSR count). The van der Waals surface area contributed by atoms with E-state index in [9.17, 15) is 9.59 Å². The minimum absolute atomic E-state index is 0.0934. The first-order valence-corrected chi connectivity index (χ1v) is 9.11. The maximum absolute atomic E-state index is 11.9. The predicted molar refractivity (Wildman–Crippen MR) is 103 cm³/mol.